The fourth-order valence-corrected chi connectivity index (χ4v) is 3.00. The standard InChI is InChI=1S/C15H22IN3O2/c1-10-7-12(16)3-4-13(10)18-15(20)9-19-5-6-21-14(8-19)11(2)17/h3-4,7,11,14H,5-6,8-9,17H2,1-2H3,(H,18,20). The summed E-state index contributed by atoms with van der Waals surface area (Å²) in [6, 6.07) is 5.97. The second kappa shape index (κ2) is 7.53. The number of nitrogens with one attached hydrogen (secondary N) is 1. The molecule has 1 amide bonds. The summed E-state index contributed by atoms with van der Waals surface area (Å²) in [4.78, 5) is 14.3. The molecule has 6 heteroatoms. The molecule has 0 radical (unpaired) electrons. The number of carbonyl (C=O) groups excluding carboxylic acids is 1. The van der Waals surface area contributed by atoms with Crippen molar-refractivity contribution in [2.24, 2.45) is 5.73 Å². The molecule has 3 N–H and O–H groups in total. The van der Waals surface area contributed by atoms with Gasteiger partial charge in [0.15, 0.2) is 0 Å². The van der Waals surface area contributed by atoms with Crippen LogP contribution in [0.2, 0.25) is 0 Å². The molecule has 2 rings (SSSR count). The van der Waals surface area contributed by atoms with Crippen molar-refractivity contribution in [3.63, 3.8) is 0 Å². The van der Waals surface area contributed by atoms with Gasteiger partial charge in [0.05, 0.1) is 19.3 Å². The van der Waals surface area contributed by atoms with E-state index < -0.39 is 0 Å². The van der Waals surface area contributed by atoms with Gasteiger partial charge in [0.2, 0.25) is 5.91 Å². The molecule has 1 aromatic carbocycles. The summed E-state index contributed by atoms with van der Waals surface area (Å²) in [6.07, 6.45) is 0.00610. The molecule has 1 aromatic rings. The van der Waals surface area contributed by atoms with Crippen molar-refractivity contribution >= 4 is 34.2 Å². The number of hydrogen-bond donors (Lipinski definition) is 2. The van der Waals surface area contributed by atoms with Crippen LogP contribution in [-0.2, 0) is 9.53 Å². The number of nitrogens with zero attached hydrogens (tertiary/aromatic N) is 1. The molecule has 0 aromatic heterocycles. The largest absolute Gasteiger partial charge is 0.374 e. The fourth-order valence-electron chi connectivity index (χ4n) is 2.35. The quantitative estimate of drug-likeness (QED) is 0.750. The Morgan fingerprint density at radius 3 is 3.05 bits per heavy atom. The summed E-state index contributed by atoms with van der Waals surface area (Å²) in [7, 11) is 0. The van der Waals surface area contributed by atoms with E-state index in [-0.39, 0.29) is 18.1 Å². The Balaban J connectivity index is 1.89. The van der Waals surface area contributed by atoms with Gasteiger partial charge in [0, 0.05) is 28.4 Å². The van der Waals surface area contributed by atoms with E-state index in [1.165, 1.54) is 0 Å². The zero-order valence-corrected chi connectivity index (χ0v) is 14.6. The maximum Gasteiger partial charge on any atom is 0.238 e. The second-order valence-corrected chi connectivity index (χ2v) is 6.76. The van der Waals surface area contributed by atoms with Gasteiger partial charge < -0.3 is 15.8 Å². The van der Waals surface area contributed by atoms with E-state index in [1.54, 1.807) is 0 Å². The van der Waals surface area contributed by atoms with Crippen LogP contribution in [0.4, 0.5) is 5.69 Å². The van der Waals surface area contributed by atoms with Crippen molar-refractivity contribution in [2.45, 2.75) is 26.0 Å². The summed E-state index contributed by atoms with van der Waals surface area (Å²) < 4.78 is 6.77. The molecular formula is C15H22IN3O2. The molecule has 0 aliphatic carbocycles. The first kappa shape index (κ1) is 16.7. The molecule has 0 spiro atoms. The van der Waals surface area contributed by atoms with Crippen LogP contribution in [0, 0.1) is 10.5 Å². The van der Waals surface area contributed by atoms with Crippen LogP contribution in [0.1, 0.15) is 12.5 Å². The highest BCUT2D eigenvalue weighted by atomic mass is 127. The maximum absolute atomic E-state index is 12.2. The highest BCUT2D eigenvalue weighted by molar-refractivity contribution is 14.1. The van der Waals surface area contributed by atoms with E-state index in [9.17, 15) is 4.79 Å². The molecule has 21 heavy (non-hydrogen) atoms. The Hall–Kier alpha value is -0.700. The number of nitrogens with two attached hydrogens (primary N) is 1. The monoisotopic (exact) mass is 403 g/mol. The highest BCUT2D eigenvalue weighted by Crippen LogP contribution is 2.17. The maximum atomic E-state index is 12.2. The zero-order chi connectivity index (χ0) is 15.4. The van der Waals surface area contributed by atoms with Gasteiger partial charge in [0.25, 0.3) is 0 Å². The van der Waals surface area contributed by atoms with E-state index in [1.807, 2.05) is 26.0 Å². The molecule has 2 atom stereocenters. The first-order chi connectivity index (χ1) is 9.95. The molecule has 0 saturated carbocycles. The lowest BCUT2D eigenvalue weighted by Gasteiger charge is -2.34. The Bertz CT molecular complexity index is 508. The molecule has 1 saturated heterocycles. The van der Waals surface area contributed by atoms with Crippen molar-refractivity contribution in [1.82, 2.24) is 4.90 Å². The Morgan fingerprint density at radius 1 is 1.62 bits per heavy atom. The lowest BCUT2D eigenvalue weighted by atomic mass is 10.1. The van der Waals surface area contributed by atoms with E-state index >= 15 is 0 Å². The number of anilines is 1. The normalized spacial score (nSPS) is 21.0. The molecule has 0 bridgehead atoms. The number of amides is 1. The summed E-state index contributed by atoms with van der Waals surface area (Å²) in [6.45, 7) is 6.40. The highest BCUT2D eigenvalue weighted by Gasteiger charge is 2.24. The van der Waals surface area contributed by atoms with E-state index in [0.29, 0.717) is 19.7 Å². The average Bonchev–Trinajstić information content (AvgIpc) is 2.42. The van der Waals surface area contributed by atoms with Gasteiger partial charge in [0.1, 0.15) is 0 Å². The van der Waals surface area contributed by atoms with Crippen molar-refractivity contribution < 1.29 is 9.53 Å². The predicted molar refractivity (Wildman–Crippen MR) is 92.4 cm³/mol. The van der Waals surface area contributed by atoms with Crippen LogP contribution in [0.25, 0.3) is 0 Å². The Morgan fingerprint density at radius 2 is 2.38 bits per heavy atom. The number of aryl methyl sites for hydroxylation is 1. The molecule has 2 unspecified atom stereocenters. The second-order valence-electron chi connectivity index (χ2n) is 5.51. The van der Waals surface area contributed by atoms with E-state index in [2.05, 4.69) is 38.9 Å². The number of benzene rings is 1. The summed E-state index contributed by atoms with van der Waals surface area (Å²) in [5, 5.41) is 2.97. The van der Waals surface area contributed by atoms with Crippen molar-refractivity contribution in [3.8, 4) is 0 Å². The third-order valence-corrected chi connectivity index (χ3v) is 4.26. The lowest BCUT2D eigenvalue weighted by molar-refractivity contribution is -0.119. The van der Waals surface area contributed by atoms with Crippen molar-refractivity contribution in [2.75, 3.05) is 31.6 Å². The third kappa shape index (κ3) is 4.91. The van der Waals surface area contributed by atoms with Crippen LogP contribution in [0.5, 0.6) is 0 Å². The number of rotatable bonds is 4. The SMILES string of the molecule is Cc1cc(I)ccc1NC(=O)CN1CCOC(C(C)N)C1. The molecule has 5 nitrogen and oxygen atoms in total. The Kier molecular flexibility index (Phi) is 5.98. The van der Waals surface area contributed by atoms with Gasteiger partial charge in [-0.3, -0.25) is 9.69 Å². The summed E-state index contributed by atoms with van der Waals surface area (Å²) in [5.41, 5.74) is 7.81. The summed E-state index contributed by atoms with van der Waals surface area (Å²) in [5.74, 6) is 0.00429. The third-order valence-electron chi connectivity index (χ3n) is 3.59. The number of ether oxygens (including phenoxy) is 1. The lowest BCUT2D eigenvalue weighted by Crippen LogP contribution is -2.51. The number of halogens is 1. The molecule has 116 valence electrons. The molecule has 1 aliphatic heterocycles. The topological polar surface area (TPSA) is 67.6 Å². The Labute approximate surface area is 139 Å². The number of carbonyl (C=O) groups is 1. The van der Waals surface area contributed by atoms with Gasteiger partial charge >= 0.3 is 0 Å². The fraction of sp³-hybridized carbons (Fsp3) is 0.533. The predicted octanol–water partition coefficient (Wildman–Crippen LogP) is 1.59. The van der Waals surface area contributed by atoms with Crippen LogP contribution >= 0.6 is 22.6 Å². The summed E-state index contributed by atoms with van der Waals surface area (Å²) >= 11 is 2.26. The van der Waals surface area contributed by atoms with Crippen molar-refractivity contribution in [1.29, 1.82) is 0 Å². The first-order valence-electron chi connectivity index (χ1n) is 7.11. The van der Waals surface area contributed by atoms with E-state index in [0.717, 1.165) is 21.4 Å². The van der Waals surface area contributed by atoms with Crippen LogP contribution in [0.15, 0.2) is 18.2 Å². The minimum Gasteiger partial charge on any atom is -0.374 e. The molecule has 1 heterocycles. The molecule has 1 aliphatic rings. The minimum absolute atomic E-state index is 0.00429. The smallest absolute Gasteiger partial charge is 0.238 e. The van der Waals surface area contributed by atoms with Crippen LogP contribution < -0.4 is 11.1 Å². The van der Waals surface area contributed by atoms with Gasteiger partial charge in [-0.15, -0.1) is 0 Å². The number of morpholine rings is 1. The number of hydrogen-bond acceptors (Lipinski definition) is 4. The van der Waals surface area contributed by atoms with Crippen LogP contribution in [-0.4, -0.2) is 49.2 Å². The van der Waals surface area contributed by atoms with Gasteiger partial charge in [-0.25, -0.2) is 0 Å². The van der Waals surface area contributed by atoms with E-state index in [4.69, 9.17) is 10.5 Å². The van der Waals surface area contributed by atoms with Crippen LogP contribution in [0.3, 0.4) is 0 Å². The first-order valence-corrected chi connectivity index (χ1v) is 8.19. The van der Waals surface area contributed by atoms with Gasteiger partial charge in [-0.05, 0) is 60.2 Å². The molecular weight excluding hydrogens is 381 g/mol. The van der Waals surface area contributed by atoms with Gasteiger partial charge in [-0.2, -0.15) is 0 Å². The minimum atomic E-state index is -0.0192. The zero-order valence-electron chi connectivity index (χ0n) is 12.4. The average molecular weight is 403 g/mol. The molecule has 1 fully saturated rings. The van der Waals surface area contributed by atoms with Crippen molar-refractivity contribution in [3.05, 3.63) is 27.3 Å². The van der Waals surface area contributed by atoms with Gasteiger partial charge in [-0.1, -0.05) is 0 Å².